The lowest BCUT2D eigenvalue weighted by atomic mass is 10.0. The second-order valence-corrected chi connectivity index (χ2v) is 7.33. The van der Waals surface area contributed by atoms with Crippen LogP contribution in [0.15, 0.2) is 48.5 Å². The van der Waals surface area contributed by atoms with Gasteiger partial charge in [-0.1, -0.05) is 30.4 Å². The van der Waals surface area contributed by atoms with Crippen LogP contribution < -0.4 is 14.2 Å². The maximum atomic E-state index is 13.2. The average Bonchev–Trinajstić information content (AvgIpc) is 2.69. The van der Waals surface area contributed by atoms with Crippen molar-refractivity contribution >= 4 is 12.0 Å². The molecule has 0 atom stereocenters. The zero-order valence-corrected chi connectivity index (χ0v) is 17.5. The molecule has 0 spiro atoms. The predicted molar refractivity (Wildman–Crippen MR) is 112 cm³/mol. The summed E-state index contributed by atoms with van der Waals surface area (Å²) in [7, 11) is 4.79. The fourth-order valence-corrected chi connectivity index (χ4v) is 2.84. The van der Waals surface area contributed by atoms with Crippen molar-refractivity contribution in [2.45, 2.75) is 26.3 Å². The highest BCUT2D eigenvalue weighted by molar-refractivity contribution is 5.95. The smallest absolute Gasteiger partial charge is 0.254 e. The maximum absolute atomic E-state index is 13.2. The van der Waals surface area contributed by atoms with E-state index in [4.69, 9.17) is 14.2 Å². The van der Waals surface area contributed by atoms with Crippen LogP contribution >= 0.6 is 0 Å². The van der Waals surface area contributed by atoms with E-state index >= 15 is 0 Å². The van der Waals surface area contributed by atoms with E-state index in [0.717, 1.165) is 11.3 Å². The van der Waals surface area contributed by atoms with Crippen LogP contribution in [0.5, 0.6) is 17.2 Å². The Labute approximate surface area is 167 Å². The fraction of sp³-hybridized carbons (Fsp3) is 0.348. The van der Waals surface area contributed by atoms with Gasteiger partial charge >= 0.3 is 0 Å². The summed E-state index contributed by atoms with van der Waals surface area (Å²) in [5, 5.41) is 0. The SMILES string of the molecule is COc1cc(OC)cc(C(=O)N(C/C=C/c2ccccc2OC)C(C)(C)C)c1. The van der Waals surface area contributed by atoms with Crippen LogP contribution in [-0.2, 0) is 0 Å². The molecule has 5 nitrogen and oxygen atoms in total. The first-order valence-corrected chi connectivity index (χ1v) is 9.14. The molecule has 2 aromatic carbocycles. The Kier molecular flexibility index (Phi) is 7.10. The summed E-state index contributed by atoms with van der Waals surface area (Å²) >= 11 is 0. The second kappa shape index (κ2) is 9.31. The van der Waals surface area contributed by atoms with Crippen molar-refractivity contribution in [3.05, 3.63) is 59.7 Å². The molecule has 0 fully saturated rings. The molecule has 0 radical (unpaired) electrons. The quantitative estimate of drug-likeness (QED) is 0.697. The van der Waals surface area contributed by atoms with Crippen LogP contribution in [0.1, 0.15) is 36.7 Å². The zero-order valence-electron chi connectivity index (χ0n) is 17.5. The lowest BCUT2D eigenvalue weighted by molar-refractivity contribution is 0.0616. The minimum atomic E-state index is -0.363. The van der Waals surface area contributed by atoms with Crippen molar-refractivity contribution in [1.82, 2.24) is 4.90 Å². The molecule has 1 amide bonds. The van der Waals surface area contributed by atoms with Gasteiger partial charge < -0.3 is 19.1 Å². The predicted octanol–water partition coefficient (Wildman–Crippen LogP) is 4.67. The van der Waals surface area contributed by atoms with Gasteiger partial charge in [0.2, 0.25) is 0 Å². The first-order valence-electron chi connectivity index (χ1n) is 9.14. The van der Waals surface area contributed by atoms with E-state index in [9.17, 15) is 4.79 Å². The van der Waals surface area contributed by atoms with Crippen LogP contribution in [0, 0.1) is 0 Å². The Morgan fingerprint density at radius 1 is 0.964 bits per heavy atom. The number of para-hydroxylation sites is 1. The van der Waals surface area contributed by atoms with Crippen molar-refractivity contribution < 1.29 is 19.0 Å². The van der Waals surface area contributed by atoms with Gasteiger partial charge in [0.25, 0.3) is 5.91 Å². The molecule has 0 bridgehead atoms. The molecule has 0 heterocycles. The van der Waals surface area contributed by atoms with E-state index in [0.29, 0.717) is 23.6 Å². The number of methoxy groups -OCH3 is 3. The first kappa shape index (κ1) is 21.4. The Bertz CT molecular complexity index is 814. The van der Waals surface area contributed by atoms with Crippen molar-refractivity contribution in [2.75, 3.05) is 27.9 Å². The molecule has 0 aliphatic heterocycles. The van der Waals surface area contributed by atoms with Crippen LogP contribution in [0.4, 0.5) is 0 Å². The largest absolute Gasteiger partial charge is 0.497 e. The number of hydrogen-bond acceptors (Lipinski definition) is 4. The maximum Gasteiger partial charge on any atom is 0.254 e. The van der Waals surface area contributed by atoms with Crippen LogP contribution in [0.25, 0.3) is 6.08 Å². The van der Waals surface area contributed by atoms with Crippen molar-refractivity contribution in [3.63, 3.8) is 0 Å². The summed E-state index contributed by atoms with van der Waals surface area (Å²) in [5.74, 6) is 1.88. The van der Waals surface area contributed by atoms with E-state index in [-0.39, 0.29) is 11.4 Å². The first-order chi connectivity index (χ1) is 13.3. The lowest BCUT2D eigenvalue weighted by Gasteiger charge is -2.35. The van der Waals surface area contributed by atoms with Gasteiger partial charge in [-0.3, -0.25) is 4.79 Å². The van der Waals surface area contributed by atoms with Gasteiger partial charge in [-0.05, 0) is 39.0 Å². The van der Waals surface area contributed by atoms with Crippen LogP contribution in [0.2, 0.25) is 0 Å². The molecule has 0 saturated heterocycles. The number of rotatable bonds is 7. The molecular weight excluding hydrogens is 354 g/mol. The summed E-state index contributed by atoms with van der Waals surface area (Å²) in [6.45, 7) is 6.50. The third-order valence-corrected chi connectivity index (χ3v) is 4.38. The normalized spacial score (nSPS) is 11.4. The molecule has 0 aliphatic carbocycles. The van der Waals surface area contributed by atoms with E-state index < -0.39 is 0 Å². The highest BCUT2D eigenvalue weighted by Crippen LogP contribution is 2.26. The average molecular weight is 383 g/mol. The standard InChI is InChI=1S/C23H29NO4/c1-23(2,3)24(13-9-11-17-10-7-8-12-21(17)28-6)22(25)18-14-19(26-4)16-20(15-18)27-5/h7-12,14-16H,13H2,1-6H3/b11-9+. The van der Waals surface area contributed by atoms with Gasteiger partial charge in [-0.15, -0.1) is 0 Å². The fourth-order valence-electron chi connectivity index (χ4n) is 2.84. The lowest BCUT2D eigenvalue weighted by Crippen LogP contribution is -2.45. The summed E-state index contributed by atoms with van der Waals surface area (Å²) < 4.78 is 16.0. The molecule has 0 unspecified atom stereocenters. The Hall–Kier alpha value is -2.95. The summed E-state index contributed by atoms with van der Waals surface area (Å²) in [6, 6.07) is 13.0. The molecule has 28 heavy (non-hydrogen) atoms. The Morgan fingerprint density at radius 2 is 1.57 bits per heavy atom. The van der Waals surface area contributed by atoms with E-state index in [1.54, 1.807) is 39.5 Å². The molecule has 0 saturated carbocycles. The molecule has 0 N–H and O–H groups in total. The molecule has 2 aromatic rings. The summed E-state index contributed by atoms with van der Waals surface area (Å²) in [4.78, 5) is 15.1. The highest BCUT2D eigenvalue weighted by atomic mass is 16.5. The van der Waals surface area contributed by atoms with Crippen LogP contribution in [0.3, 0.4) is 0 Å². The number of amides is 1. The summed E-state index contributed by atoms with van der Waals surface area (Å²) in [6.07, 6.45) is 3.94. The zero-order chi connectivity index (χ0) is 20.7. The van der Waals surface area contributed by atoms with Crippen LogP contribution in [-0.4, -0.2) is 44.2 Å². The molecule has 150 valence electrons. The van der Waals surface area contributed by atoms with Crippen molar-refractivity contribution in [2.24, 2.45) is 0 Å². The number of carbonyl (C=O) groups is 1. The van der Waals surface area contributed by atoms with Gasteiger partial charge in [-0.25, -0.2) is 0 Å². The molecular formula is C23H29NO4. The topological polar surface area (TPSA) is 48.0 Å². The van der Waals surface area contributed by atoms with Gasteiger partial charge in [-0.2, -0.15) is 0 Å². The minimum absolute atomic E-state index is 0.0885. The molecule has 2 rings (SSSR count). The number of benzene rings is 2. The minimum Gasteiger partial charge on any atom is -0.497 e. The monoisotopic (exact) mass is 383 g/mol. The van der Waals surface area contributed by atoms with Crippen molar-refractivity contribution in [1.29, 1.82) is 0 Å². The molecule has 0 aromatic heterocycles. The van der Waals surface area contributed by atoms with Gasteiger partial charge in [0, 0.05) is 29.3 Å². The van der Waals surface area contributed by atoms with Gasteiger partial charge in [0.15, 0.2) is 0 Å². The molecule has 5 heteroatoms. The summed E-state index contributed by atoms with van der Waals surface area (Å²) in [5.41, 5.74) is 1.13. The van der Waals surface area contributed by atoms with Gasteiger partial charge in [0.1, 0.15) is 17.2 Å². The third-order valence-electron chi connectivity index (χ3n) is 4.38. The number of ether oxygens (including phenoxy) is 3. The number of hydrogen-bond donors (Lipinski definition) is 0. The third kappa shape index (κ3) is 5.28. The van der Waals surface area contributed by atoms with E-state index in [1.165, 1.54) is 0 Å². The molecule has 0 aliphatic rings. The second-order valence-electron chi connectivity index (χ2n) is 7.33. The Balaban J connectivity index is 2.29. The van der Waals surface area contributed by atoms with Crippen molar-refractivity contribution in [3.8, 4) is 17.2 Å². The number of nitrogens with zero attached hydrogens (tertiary/aromatic N) is 1. The van der Waals surface area contributed by atoms with E-state index in [1.807, 2.05) is 62.1 Å². The highest BCUT2D eigenvalue weighted by Gasteiger charge is 2.27. The van der Waals surface area contributed by atoms with Gasteiger partial charge in [0.05, 0.1) is 21.3 Å². The van der Waals surface area contributed by atoms with E-state index in [2.05, 4.69) is 0 Å². The Morgan fingerprint density at radius 3 is 2.11 bits per heavy atom. The number of carbonyl (C=O) groups excluding carboxylic acids is 1.